The van der Waals surface area contributed by atoms with Crippen LogP contribution >= 0.6 is 0 Å². The second-order valence-electron chi connectivity index (χ2n) is 9.93. The maximum Gasteiger partial charge on any atom is 0.304 e. The van der Waals surface area contributed by atoms with Crippen LogP contribution in [0.1, 0.15) is 83.2 Å². The van der Waals surface area contributed by atoms with Crippen LogP contribution in [0.15, 0.2) is 41.0 Å². The molecule has 1 amide bonds. The van der Waals surface area contributed by atoms with E-state index in [1.807, 2.05) is 50.6 Å². The number of carbonyl (C=O) groups is 2. The standard InChI is InChI=1S/C28H31N5O4/c1-5-33-24-9-8-21(17(4)26(24)30-31-33)22(13-25(34)35)19-7-6-18-10-11-32(14-20(18)12-19)28(36)23-15-37-27(29-23)16(2)3/h6-9,12,15-16,22H,5,10-11,13-14H2,1-4H3,(H,34,35). The predicted octanol–water partition coefficient (Wildman–Crippen LogP) is 4.68. The zero-order valence-electron chi connectivity index (χ0n) is 21.6. The molecule has 2 aromatic heterocycles. The highest BCUT2D eigenvalue weighted by atomic mass is 16.4. The van der Waals surface area contributed by atoms with Crippen molar-refractivity contribution in [3.05, 3.63) is 76.0 Å². The summed E-state index contributed by atoms with van der Waals surface area (Å²) in [6.45, 7) is 9.67. The lowest BCUT2D eigenvalue weighted by Crippen LogP contribution is -2.36. The molecule has 1 aliphatic heterocycles. The van der Waals surface area contributed by atoms with Gasteiger partial charge in [0, 0.05) is 31.5 Å². The minimum atomic E-state index is -0.872. The van der Waals surface area contributed by atoms with Gasteiger partial charge in [0.15, 0.2) is 11.6 Å². The Bertz CT molecular complexity index is 1490. The molecule has 0 bridgehead atoms. The van der Waals surface area contributed by atoms with E-state index in [1.165, 1.54) is 11.8 Å². The highest BCUT2D eigenvalue weighted by Crippen LogP contribution is 2.35. The molecule has 1 unspecified atom stereocenters. The summed E-state index contributed by atoms with van der Waals surface area (Å²) < 4.78 is 7.30. The van der Waals surface area contributed by atoms with E-state index in [4.69, 9.17) is 4.42 Å². The van der Waals surface area contributed by atoms with E-state index in [0.717, 1.165) is 39.7 Å². The van der Waals surface area contributed by atoms with Crippen molar-refractivity contribution in [1.82, 2.24) is 24.9 Å². The molecule has 0 radical (unpaired) electrons. The van der Waals surface area contributed by atoms with Crippen LogP contribution < -0.4 is 0 Å². The summed E-state index contributed by atoms with van der Waals surface area (Å²) in [6.07, 6.45) is 2.11. The molecule has 5 rings (SSSR count). The van der Waals surface area contributed by atoms with Gasteiger partial charge in [0.2, 0.25) is 0 Å². The van der Waals surface area contributed by atoms with E-state index < -0.39 is 5.97 Å². The maximum atomic E-state index is 13.1. The highest BCUT2D eigenvalue weighted by molar-refractivity contribution is 5.92. The third kappa shape index (κ3) is 4.61. The van der Waals surface area contributed by atoms with Crippen molar-refractivity contribution in [1.29, 1.82) is 0 Å². The number of nitrogens with zero attached hydrogens (tertiary/aromatic N) is 5. The van der Waals surface area contributed by atoms with E-state index in [-0.39, 0.29) is 24.2 Å². The van der Waals surface area contributed by atoms with Gasteiger partial charge in [-0.1, -0.05) is 43.3 Å². The number of rotatable bonds is 7. The summed E-state index contributed by atoms with van der Waals surface area (Å²) in [7, 11) is 0. The molecule has 2 aromatic carbocycles. The van der Waals surface area contributed by atoms with Gasteiger partial charge in [0.1, 0.15) is 11.8 Å². The Morgan fingerprint density at radius 2 is 1.97 bits per heavy atom. The first kappa shape index (κ1) is 24.7. The van der Waals surface area contributed by atoms with Crippen molar-refractivity contribution in [2.75, 3.05) is 6.54 Å². The fourth-order valence-electron chi connectivity index (χ4n) is 5.16. The zero-order valence-corrected chi connectivity index (χ0v) is 21.6. The van der Waals surface area contributed by atoms with E-state index in [2.05, 4.69) is 27.4 Å². The quantitative estimate of drug-likeness (QED) is 0.391. The number of aryl methyl sites for hydroxylation is 2. The molecule has 1 aliphatic rings. The fourth-order valence-corrected chi connectivity index (χ4v) is 5.16. The Kier molecular flexibility index (Phi) is 6.54. The Labute approximate surface area is 215 Å². The first-order valence-corrected chi connectivity index (χ1v) is 12.7. The molecule has 192 valence electrons. The first-order valence-electron chi connectivity index (χ1n) is 12.7. The summed E-state index contributed by atoms with van der Waals surface area (Å²) in [5.74, 6) is -0.732. The van der Waals surface area contributed by atoms with Crippen LogP contribution in [-0.4, -0.2) is 48.4 Å². The van der Waals surface area contributed by atoms with E-state index in [1.54, 1.807) is 4.90 Å². The lowest BCUT2D eigenvalue weighted by atomic mass is 9.83. The normalized spacial score (nSPS) is 14.2. The minimum Gasteiger partial charge on any atom is -0.481 e. The number of benzene rings is 2. The summed E-state index contributed by atoms with van der Waals surface area (Å²) in [6, 6.07) is 10.1. The van der Waals surface area contributed by atoms with Gasteiger partial charge in [-0.25, -0.2) is 9.67 Å². The van der Waals surface area contributed by atoms with Crippen LogP contribution in [0.25, 0.3) is 11.0 Å². The van der Waals surface area contributed by atoms with Gasteiger partial charge in [-0.3, -0.25) is 9.59 Å². The molecule has 0 saturated carbocycles. The fraction of sp³-hybridized carbons (Fsp3) is 0.393. The molecule has 0 spiro atoms. The average molecular weight is 502 g/mol. The number of carbonyl (C=O) groups excluding carboxylic acids is 1. The maximum absolute atomic E-state index is 13.1. The molecule has 0 fully saturated rings. The van der Waals surface area contributed by atoms with Gasteiger partial charge >= 0.3 is 5.97 Å². The van der Waals surface area contributed by atoms with Crippen LogP contribution in [0, 0.1) is 6.92 Å². The SMILES string of the molecule is CCn1nnc2c(C)c(C(CC(=O)O)c3ccc4c(c3)CN(C(=O)c3coc(C(C)C)n3)CC4)ccc21. The van der Waals surface area contributed by atoms with Crippen molar-refractivity contribution in [2.45, 2.75) is 65.5 Å². The van der Waals surface area contributed by atoms with E-state index >= 15 is 0 Å². The highest BCUT2D eigenvalue weighted by Gasteiger charge is 2.27. The third-order valence-corrected chi connectivity index (χ3v) is 7.20. The summed E-state index contributed by atoms with van der Waals surface area (Å²) in [4.78, 5) is 31.2. The number of carboxylic acid groups (broad SMARTS) is 1. The largest absolute Gasteiger partial charge is 0.481 e. The Hall–Kier alpha value is -4.01. The van der Waals surface area contributed by atoms with Crippen LogP contribution in [0.4, 0.5) is 0 Å². The lowest BCUT2D eigenvalue weighted by Gasteiger charge is -2.29. The molecule has 3 heterocycles. The molecule has 9 heteroatoms. The number of aromatic nitrogens is 4. The molecule has 1 N–H and O–H groups in total. The van der Waals surface area contributed by atoms with Gasteiger partial charge in [-0.2, -0.15) is 0 Å². The monoisotopic (exact) mass is 501 g/mol. The number of oxazole rings is 1. The van der Waals surface area contributed by atoms with Crippen molar-refractivity contribution in [3.8, 4) is 0 Å². The number of fused-ring (bicyclic) bond motifs is 2. The Morgan fingerprint density at radius 1 is 1.16 bits per heavy atom. The number of aliphatic carboxylic acids is 1. The molecule has 0 saturated heterocycles. The van der Waals surface area contributed by atoms with Gasteiger partial charge in [-0.15, -0.1) is 5.10 Å². The number of hydrogen-bond acceptors (Lipinski definition) is 6. The summed E-state index contributed by atoms with van der Waals surface area (Å²) in [5, 5.41) is 18.4. The average Bonchev–Trinajstić information content (AvgIpc) is 3.55. The zero-order chi connectivity index (χ0) is 26.3. The van der Waals surface area contributed by atoms with Gasteiger partial charge < -0.3 is 14.4 Å². The van der Waals surface area contributed by atoms with Crippen LogP contribution in [0.2, 0.25) is 0 Å². The van der Waals surface area contributed by atoms with Crippen LogP contribution in [-0.2, 0) is 24.3 Å². The van der Waals surface area contributed by atoms with Gasteiger partial charge in [0.05, 0.1) is 11.9 Å². The molecule has 9 nitrogen and oxygen atoms in total. The van der Waals surface area contributed by atoms with Gasteiger partial charge in [0.25, 0.3) is 5.91 Å². The molecular formula is C28H31N5O4. The Morgan fingerprint density at radius 3 is 2.68 bits per heavy atom. The second kappa shape index (κ2) is 9.80. The smallest absolute Gasteiger partial charge is 0.304 e. The van der Waals surface area contributed by atoms with Crippen molar-refractivity contribution in [2.24, 2.45) is 0 Å². The predicted molar refractivity (Wildman–Crippen MR) is 138 cm³/mol. The van der Waals surface area contributed by atoms with Crippen molar-refractivity contribution >= 4 is 22.9 Å². The molecular weight excluding hydrogens is 470 g/mol. The minimum absolute atomic E-state index is 0.0490. The Balaban J connectivity index is 1.47. The van der Waals surface area contributed by atoms with E-state index in [9.17, 15) is 14.7 Å². The molecule has 37 heavy (non-hydrogen) atoms. The second-order valence-corrected chi connectivity index (χ2v) is 9.93. The number of hydrogen-bond donors (Lipinski definition) is 1. The van der Waals surface area contributed by atoms with Crippen LogP contribution in [0.3, 0.4) is 0 Å². The van der Waals surface area contributed by atoms with Crippen molar-refractivity contribution < 1.29 is 19.1 Å². The molecule has 4 aromatic rings. The number of amides is 1. The topological polar surface area (TPSA) is 114 Å². The lowest BCUT2D eigenvalue weighted by molar-refractivity contribution is -0.137. The van der Waals surface area contributed by atoms with Gasteiger partial charge in [-0.05, 0) is 54.2 Å². The summed E-state index contributed by atoms with van der Waals surface area (Å²) in [5.41, 5.74) is 7.00. The first-order chi connectivity index (χ1) is 17.8. The van der Waals surface area contributed by atoms with E-state index in [0.29, 0.717) is 31.2 Å². The van der Waals surface area contributed by atoms with Crippen molar-refractivity contribution in [3.63, 3.8) is 0 Å². The molecule has 1 atom stereocenters. The third-order valence-electron chi connectivity index (χ3n) is 7.20. The van der Waals surface area contributed by atoms with Crippen LogP contribution in [0.5, 0.6) is 0 Å². The number of carboxylic acids is 1. The summed E-state index contributed by atoms with van der Waals surface area (Å²) >= 11 is 0. The molecule has 0 aliphatic carbocycles.